The van der Waals surface area contributed by atoms with E-state index in [4.69, 9.17) is 17.3 Å². The van der Waals surface area contributed by atoms with Gasteiger partial charge in [-0.3, -0.25) is 14.5 Å². The SMILES string of the molecule is NC(=O)CN1CCCN(C(=O)c2ccc(I)c(Cl)c2)CC1. The summed E-state index contributed by atoms with van der Waals surface area (Å²) >= 11 is 8.20. The molecule has 1 aromatic carbocycles. The fraction of sp³-hybridized carbons (Fsp3) is 0.429. The van der Waals surface area contributed by atoms with Crippen molar-refractivity contribution >= 4 is 46.0 Å². The normalized spacial score (nSPS) is 16.6. The first-order valence-corrected chi connectivity index (χ1v) is 8.18. The molecule has 1 fully saturated rings. The van der Waals surface area contributed by atoms with Crippen LogP contribution in [0.25, 0.3) is 0 Å². The molecule has 0 atom stereocenters. The van der Waals surface area contributed by atoms with Gasteiger partial charge in [-0.05, 0) is 47.2 Å². The van der Waals surface area contributed by atoms with Gasteiger partial charge < -0.3 is 10.6 Å². The molecule has 0 bridgehead atoms. The molecule has 1 heterocycles. The summed E-state index contributed by atoms with van der Waals surface area (Å²) in [6, 6.07) is 5.34. The third kappa shape index (κ3) is 4.55. The molecular formula is C14H17ClIN3O2. The highest BCUT2D eigenvalue weighted by molar-refractivity contribution is 14.1. The Morgan fingerprint density at radius 2 is 2.00 bits per heavy atom. The largest absolute Gasteiger partial charge is 0.369 e. The molecule has 114 valence electrons. The lowest BCUT2D eigenvalue weighted by atomic mass is 10.2. The molecule has 0 aromatic heterocycles. The van der Waals surface area contributed by atoms with Crippen LogP contribution in [0.5, 0.6) is 0 Å². The number of carbonyl (C=O) groups is 2. The van der Waals surface area contributed by atoms with Crippen LogP contribution in [0.3, 0.4) is 0 Å². The summed E-state index contributed by atoms with van der Waals surface area (Å²) in [5.41, 5.74) is 5.81. The molecule has 1 aromatic rings. The van der Waals surface area contributed by atoms with Gasteiger partial charge in [0.2, 0.25) is 5.91 Å². The van der Waals surface area contributed by atoms with Gasteiger partial charge in [-0.15, -0.1) is 0 Å². The fourth-order valence-electron chi connectivity index (χ4n) is 2.36. The zero-order valence-corrected chi connectivity index (χ0v) is 14.4. The zero-order chi connectivity index (χ0) is 15.4. The first-order valence-electron chi connectivity index (χ1n) is 6.72. The van der Waals surface area contributed by atoms with Crippen molar-refractivity contribution in [1.29, 1.82) is 0 Å². The number of amides is 2. The van der Waals surface area contributed by atoms with Gasteiger partial charge in [0.1, 0.15) is 0 Å². The van der Waals surface area contributed by atoms with Crippen LogP contribution in [0.2, 0.25) is 5.02 Å². The second kappa shape index (κ2) is 7.42. The Morgan fingerprint density at radius 1 is 1.24 bits per heavy atom. The van der Waals surface area contributed by atoms with Crippen molar-refractivity contribution in [2.75, 3.05) is 32.7 Å². The van der Waals surface area contributed by atoms with Crippen LogP contribution in [0, 0.1) is 3.57 Å². The number of hydrogen-bond acceptors (Lipinski definition) is 3. The number of halogens is 2. The van der Waals surface area contributed by atoms with Crippen LogP contribution in [0.4, 0.5) is 0 Å². The first-order chi connectivity index (χ1) is 9.97. The van der Waals surface area contributed by atoms with Crippen LogP contribution in [0.1, 0.15) is 16.8 Å². The fourth-order valence-corrected chi connectivity index (χ4v) is 2.88. The molecule has 2 rings (SSSR count). The predicted molar refractivity (Wildman–Crippen MR) is 90.3 cm³/mol. The zero-order valence-electron chi connectivity index (χ0n) is 11.5. The van der Waals surface area contributed by atoms with Gasteiger partial charge in [-0.2, -0.15) is 0 Å². The number of nitrogens with zero attached hydrogens (tertiary/aromatic N) is 2. The third-order valence-electron chi connectivity index (χ3n) is 3.42. The Kier molecular flexibility index (Phi) is 5.83. The molecule has 1 aliphatic rings. The summed E-state index contributed by atoms with van der Waals surface area (Å²) in [7, 11) is 0. The molecule has 7 heteroatoms. The van der Waals surface area contributed by atoms with E-state index in [0.29, 0.717) is 30.2 Å². The number of rotatable bonds is 3. The topological polar surface area (TPSA) is 66.6 Å². The second-order valence-corrected chi connectivity index (χ2v) is 6.59. The Morgan fingerprint density at radius 3 is 2.67 bits per heavy atom. The van der Waals surface area contributed by atoms with E-state index in [9.17, 15) is 9.59 Å². The summed E-state index contributed by atoms with van der Waals surface area (Å²) in [5, 5.41) is 0.589. The van der Waals surface area contributed by atoms with E-state index in [-0.39, 0.29) is 18.4 Å². The van der Waals surface area contributed by atoms with E-state index in [2.05, 4.69) is 22.6 Å². The minimum Gasteiger partial charge on any atom is -0.369 e. The molecule has 0 spiro atoms. The van der Waals surface area contributed by atoms with Crippen LogP contribution in [-0.2, 0) is 4.79 Å². The van der Waals surface area contributed by atoms with E-state index in [0.717, 1.165) is 16.5 Å². The van der Waals surface area contributed by atoms with Gasteiger partial charge in [0.25, 0.3) is 5.91 Å². The molecule has 1 saturated heterocycles. The highest BCUT2D eigenvalue weighted by Gasteiger charge is 2.21. The highest BCUT2D eigenvalue weighted by Crippen LogP contribution is 2.20. The summed E-state index contributed by atoms with van der Waals surface area (Å²) in [4.78, 5) is 27.3. The molecule has 1 aliphatic heterocycles. The summed E-state index contributed by atoms with van der Waals surface area (Å²) in [6.45, 7) is 2.96. The standard InChI is InChI=1S/C14H17ClIN3O2/c15-11-8-10(2-3-12(11)16)14(21)19-5-1-4-18(6-7-19)9-13(17)20/h2-3,8H,1,4-7,9H2,(H2,17,20). The van der Waals surface area contributed by atoms with Crippen molar-refractivity contribution < 1.29 is 9.59 Å². The van der Waals surface area contributed by atoms with Crippen LogP contribution in [-0.4, -0.2) is 54.3 Å². The number of primary amides is 1. The Labute approximate surface area is 142 Å². The maximum Gasteiger partial charge on any atom is 0.253 e. The van der Waals surface area contributed by atoms with Crippen molar-refractivity contribution in [3.05, 3.63) is 32.4 Å². The maximum atomic E-state index is 12.5. The lowest BCUT2D eigenvalue weighted by molar-refractivity contribution is -0.119. The van der Waals surface area contributed by atoms with E-state index in [1.165, 1.54) is 0 Å². The Bertz CT molecular complexity index is 553. The van der Waals surface area contributed by atoms with Gasteiger partial charge in [-0.1, -0.05) is 11.6 Å². The number of carbonyl (C=O) groups excluding carboxylic acids is 2. The van der Waals surface area contributed by atoms with Crippen molar-refractivity contribution in [2.45, 2.75) is 6.42 Å². The van der Waals surface area contributed by atoms with E-state index in [1.54, 1.807) is 17.0 Å². The molecule has 0 saturated carbocycles. The van der Waals surface area contributed by atoms with Crippen molar-refractivity contribution in [3.8, 4) is 0 Å². The highest BCUT2D eigenvalue weighted by atomic mass is 127. The number of hydrogen-bond donors (Lipinski definition) is 1. The van der Waals surface area contributed by atoms with Crippen molar-refractivity contribution in [2.24, 2.45) is 5.73 Å². The van der Waals surface area contributed by atoms with Gasteiger partial charge in [0, 0.05) is 35.3 Å². The van der Waals surface area contributed by atoms with Gasteiger partial charge in [0.15, 0.2) is 0 Å². The predicted octanol–water partition coefficient (Wildman–Crippen LogP) is 1.58. The summed E-state index contributed by atoms with van der Waals surface area (Å²) in [5.74, 6) is -0.353. The number of nitrogens with two attached hydrogens (primary N) is 1. The third-order valence-corrected chi connectivity index (χ3v) is 4.99. The summed E-state index contributed by atoms with van der Waals surface area (Å²) < 4.78 is 0.925. The van der Waals surface area contributed by atoms with Gasteiger partial charge in [0.05, 0.1) is 11.6 Å². The van der Waals surface area contributed by atoms with Gasteiger partial charge in [-0.25, -0.2) is 0 Å². The quantitative estimate of drug-likeness (QED) is 0.754. The average molecular weight is 422 g/mol. The molecule has 5 nitrogen and oxygen atoms in total. The van der Waals surface area contributed by atoms with E-state index >= 15 is 0 Å². The van der Waals surface area contributed by atoms with E-state index in [1.807, 2.05) is 11.0 Å². The van der Waals surface area contributed by atoms with E-state index < -0.39 is 0 Å². The molecule has 0 radical (unpaired) electrons. The van der Waals surface area contributed by atoms with Crippen LogP contribution in [0.15, 0.2) is 18.2 Å². The number of benzene rings is 1. The Balaban J connectivity index is 2.02. The molecule has 0 unspecified atom stereocenters. The molecule has 0 aliphatic carbocycles. The molecule has 2 amide bonds. The van der Waals surface area contributed by atoms with Crippen molar-refractivity contribution in [3.63, 3.8) is 0 Å². The Hall–Kier alpha value is -0.860. The lowest BCUT2D eigenvalue weighted by Gasteiger charge is -2.21. The molecule has 21 heavy (non-hydrogen) atoms. The molecule has 2 N–H and O–H groups in total. The van der Waals surface area contributed by atoms with Crippen LogP contribution < -0.4 is 5.73 Å². The van der Waals surface area contributed by atoms with Crippen LogP contribution >= 0.6 is 34.2 Å². The average Bonchev–Trinajstić information content (AvgIpc) is 2.66. The summed E-state index contributed by atoms with van der Waals surface area (Å²) in [6.07, 6.45) is 0.830. The first kappa shape index (κ1) is 16.5. The second-order valence-electron chi connectivity index (χ2n) is 5.02. The lowest BCUT2D eigenvalue weighted by Crippen LogP contribution is -2.38. The minimum atomic E-state index is -0.334. The minimum absolute atomic E-state index is 0.0192. The smallest absolute Gasteiger partial charge is 0.253 e. The van der Waals surface area contributed by atoms with Gasteiger partial charge >= 0.3 is 0 Å². The maximum absolute atomic E-state index is 12.5. The van der Waals surface area contributed by atoms with Crippen molar-refractivity contribution in [1.82, 2.24) is 9.80 Å². The molecular weight excluding hydrogens is 405 g/mol. The monoisotopic (exact) mass is 421 g/mol.